The zero-order valence-corrected chi connectivity index (χ0v) is 19.3. The first-order valence-corrected chi connectivity index (χ1v) is 11.0. The van der Waals surface area contributed by atoms with Crippen molar-refractivity contribution in [2.45, 2.75) is 12.6 Å². The normalized spacial score (nSPS) is 15.9. The van der Waals surface area contributed by atoms with E-state index in [0.29, 0.717) is 29.1 Å². The van der Waals surface area contributed by atoms with Crippen molar-refractivity contribution in [2.24, 2.45) is 14.1 Å². The summed E-state index contributed by atoms with van der Waals surface area (Å²) >= 11 is 9.63. The van der Waals surface area contributed by atoms with Gasteiger partial charge in [-0.1, -0.05) is 51.8 Å². The maximum Gasteiger partial charge on any atom is 0.331 e. The highest BCUT2D eigenvalue weighted by atomic mass is 79.9. The molecule has 31 heavy (non-hydrogen) atoms. The number of hydrogen-bond acceptors (Lipinski definition) is 3. The molecule has 1 unspecified atom stereocenters. The molecule has 2 aromatic heterocycles. The van der Waals surface area contributed by atoms with Crippen molar-refractivity contribution >= 4 is 38.4 Å². The third-order valence-electron chi connectivity index (χ3n) is 5.82. The van der Waals surface area contributed by atoms with Gasteiger partial charge in [-0.25, -0.2) is 4.79 Å². The van der Waals surface area contributed by atoms with Crippen LogP contribution in [0.5, 0.6) is 0 Å². The van der Waals surface area contributed by atoms with Gasteiger partial charge in [-0.2, -0.15) is 0 Å². The molecule has 0 radical (unpaired) electrons. The van der Waals surface area contributed by atoms with Crippen LogP contribution in [0, 0.1) is 0 Å². The van der Waals surface area contributed by atoms with E-state index in [4.69, 9.17) is 16.3 Å². The van der Waals surface area contributed by atoms with E-state index in [1.54, 1.807) is 11.6 Å². The molecule has 0 spiro atoms. The molecule has 1 aliphatic rings. The zero-order valence-electron chi connectivity index (χ0n) is 16.9. The van der Waals surface area contributed by atoms with Crippen molar-refractivity contribution in [3.05, 3.63) is 90.1 Å². The van der Waals surface area contributed by atoms with Crippen LogP contribution in [0.4, 0.5) is 0 Å². The Morgan fingerprint density at radius 3 is 2.52 bits per heavy atom. The second kappa shape index (κ2) is 7.51. The van der Waals surface area contributed by atoms with Crippen LogP contribution in [0.2, 0.25) is 5.02 Å². The molecule has 158 valence electrons. The first kappa shape index (κ1) is 20.3. The van der Waals surface area contributed by atoms with Crippen LogP contribution < -0.4 is 11.2 Å². The van der Waals surface area contributed by atoms with E-state index in [0.717, 1.165) is 31.6 Å². The summed E-state index contributed by atoms with van der Waals surface area (Å²) in [6.45, 7) is 1.06. The minimum absolute atomic E-state index is 0.315. The fraction of sp³-hybridized carbons (Fsp3) is 0.217. The molecule has 0 fully saturated rings. The van der Waals surface area contributed by atoms with Crippen LogP contribution in [-0.4, -0.2) is 20.3 Å². The Morgan fingerprint density at radius 2 is 1.81 bits per heavy atom. The van der Waals surface area contributed by atoms with E-state index in [1.807, 2.05) is 48.5 Å². The van der Waals surface area contributed by atoms with Gasteiger partial charge >= 0.3 is 5.69 Å². The van der Waals surface area contributed by atoms with E-state index >= 15 is 0 Å². The molecule has 8 heteroatoms. The fourth-order valence-electron chi connectivity index (χ4n) is 4.41. The zero-order chi connectivity index (χ0) is 21.9. The number of benzene rings is 2. The maximum atomic E-state index is 13.4. The number of hydrogen-bond donors (Lipinski definition) is 0. The standard InChI is InChI=1S/C23H19BrClN3O3/c1-26-19-17(22(29)27(2)23(26)30)18(14-4-3-5-15(24)12-14)28-10-11-31-21(20(19)28)13-6-8-16(25)9-7-13/h3-9,12,21H,10-11H2,1-2H3. The van der Waals surface area contributed by atoms with Gasteiger partial charge in [0.1, 0.15) is 6.10 Å². The predicted octanol–water partition coefficient (Wildman–Crippen LogP) is 4.24. The molecule has 5 rings (SSSR count). The lowest BCUT2D eigenvalue weighted by molar-refractivity contribution is 0.0478. The van der Waals surface area contributed by atoms with Gasteiger partial charge in [0, 0.05) is 35.7 Å². The van der Waals surface area contributed by atoms with Crippen LogP contribution in [0.1, 0.15) is 17.4 Å². The highest BCUT2D eigenvalue weighted by molar-refractivity contribution is 9.10. The van der Waals surface area contributed by atoms with Crippen LogP contribution in [0.15, 0.2) is 62.6 Å². The highest BCUT2D eigenvalue weighted by Crippen LogP contribution is 2.41. The summed E-state index contributed by atoms with van der Waals surface area (Å²) in [6, 6.07) is 15.3. The van der Waals surface area contributed by atoms with Crippen molar-refractivity contribution in [2.75, 3.05) is 6.61 Å². The number of ether oxygens (including phenoxy) is 1. The Labute approximate surface area is 191 Å². The Kier molecular flexibility index (Phi) is 4.92. The van der Waals surface area contributed by atoms with Crippen LogP contribution in [-0.2, 0) is 25.4 Å². The summed E-state index contributed by atoms with van der Waals surface area (Å²) in [4.78, 5) is 26.2. The van der Waals surface area contributed by atoms with Gasteiger partial charge in [0.15, 0.2) is 0 Å². The van der Waals surface area contributed by atoms with Gasteiger partial charge in [0.2, 0.25) is 0 Å². The highest BCUT2D eigenvalue weighted by Gasteiger charge is 2.33. The second-order valence-corrected chi connectivity index (χ2v) is 8.98. The number of aryl methyl sites for hydroxylation is 1. The Morgan fingerprint density at radius 1 is 1.06 bits per heavy atom. The van der Waals surface area contributed by atoms with Crippen molar-refractivity contribution in [3.63, 3.8) is 0 Å². The number of nitrogens with zero attached hydrogens (tertiary/aromatic N) is 3. The Balaban J connectivity index is 1.94. The largest absolute Gasteiger partial charge is 0.365 e. The number of aromatic nitrogens is 3. The molecule has 1 aliphatic heterocycles. The molecule has 0 saturated heterocycles. The second-order valence-electron chi connectivity index (χ2n) is 7.63. The average molecular weight is 501 g/mol. The van der Waals surface area contributed by atoms with Crippen LogP contribution in [0.3, 0.4) is 0 Å². The van der Waals surface area contributed by atoms with Gasteiger partial charge in [0.25, 0.3) is 5.56 Å². The van der Waals surface area contributed by atoms with Gasteiger partial charge in [-0.3, -0.25) is 13.9 Å². The van der Waals surface area contributed by atoms with Gasteiger partial charge in [-0.05, 0) is 29.8 Å². The van der Waals surface area contributed by atoms with Crippen molar-refractivity contribution in [3.8, 4) is 11.3 Å². The summed E-state index contributed by atoms with van der Waals surface area (Å²) in [7, 11) is 3.21. The molecule has 0 amide bonds. The molecular weight excluding hydrogens is 482 g/mol. The third kappa shape index (κ3) is 3.11. The van der Waals surface area contributed by atoms with Crippen LogP contribution in [0.25, 0.3) is 22.2 Å². The lowest BCUT2D eigenvalue weighted by Crippen LogP contribution is -2.37. The first-order valence-electron chi connectivity index (χ1n) is 9.83. The average Bonchev–Trinajstić information content (AvgIpc) is 3.12. The molecular formula is C23H19BrClN3O3. The maximum absolute atomic E-state index is 13.4. The summed E-state index contributed by atoms with van der Waals surface area (Å²) < 4.78 is 11.9. The Hall–Kier alpha value is -2.61. The van der Waals surface area contributed by atoms with Crippen molar-refractivity contribution < 1.29 is 4.74 Å². The summed E-state index contributed by atoms with van der Waals surface area (Å²) in [5, 5.41) is 1.15. The van der Waals surface area contributed by atoms with E-state index in [2.05, 4.69) is 20.5 Å². The summed E-state index contributed by atoms with van der Waals surface area (Å²) in [5.74, 6) is 0. The predicted molar refractivity (Wildman–Crippen MR) is 125 cm³/mol. The molecule has 2 aromatic carbocycles. The Bertz CT molecular complexity index is 1450. The van der Waals surface area contributed by atoms with Gasteiger partial charge in [0.05, 0.1) is 28.9 Å². The quantitative estimate of drug-likeness (QED) is 0.414. The molecule has 0 bridgehead atoms. The van der Waals surface area contributed by atoms with Gasteiger partial charge in [-0.15, -0.1) is 0 Å². The number of halogens is 2. The lowest BCUT2D eigenvalue weighted by atomic mass is 10.0. The number of fused-ring (bicyclic) bond motifs is 3. The molecule has 0 saturated carbocycles. The summed E-state index contributed by atoms with van der Waals surface area (Å²) in [6.07, 6.45) is -0.424. The van der Waals surface area contributed by atoms with Crippen molar-refractivity contribution in [1.29, 1.82) is 0 Å². The van der Waals surface area contributed by atoms with E-state index in [1.165, 1.54) is 7.05 Å². The van der Waals surface area contributed by atoms with E-state index in [9.17, 15) is 9.59 Å². The molecule has 6 nitrogen and oxygen atoms in total. The van der Waals surface area contributed by atoms with E-state index < -0.39 is 6.10 Å². The molecule has 0 aliphatic carbocycles. The van der Waals surface area contributed by atoms with E-state index in [-0.39, 0.29) is 11.2 Å². The smallest absolute Gasteiger partial charge is 0.331 e. The first-order chi connectivity index (χ1) is 14.9. The molecule has 3 heterocycles. The minimum Gasteiger partial charge on any atom is -0.365 e. The third-order valence-corrected chi connectivity index (χ3v) is 6.57. The van der Waals surface area contributed by atoms with Crippen LogP contribution >= 0.6 is 27.5 Å². The molecule has 0 N–H and O–H groups in total. The molecule has 1 atom stereocenters. The summed E-state index contributed by atoms with van der Waals surface area (Å²) in [5.41, 5.74) is 3.33. The van der Waals surface area contributed by atoms with Crippen molar-refractivity contribution in [1.82, 2.24) is 13.7 Å². The number of rotatable bonds is 2. The fourth-order valence-corrected chi connectivity index (χ4v) is 4.93. The van der Waals surface area contributed by atoms with Gasteiger partial charge < -0.3 is 9.30 Å². The monoisotopic (exact) mass is 499 g/mol. The molecule has 4 aromatic rings. The lowest BCUT2D eigenvalue weighted by Gasteiger charge is -2.27. The minimum atomic E-state index is -0.424. The topological polar surface area (TPSA) is 58.2 Å². The SMILES string of the molecule is Cn1c(=O)c2c(-c3cccc(Br)c3)n3c(c2n(C)c1=O)C(c1ccc(Cl)cc1)OCC3.